The van der Waals surface area contributed by atoms with Crippen LogP contribution in [0.1, 0.15) is 36.6 Å². The van der Waals surface area contributed by atoms with Gasteiger partial charge in [0, 0.05) is 31.7 Å². The van der Waals surface area contributed by atoms with Crippen LogP contribution >= 0.6 is 0 Å². The summed E-state index contributed by atoms with van der Waals surface area (Å²) < 4.78 is 0. The minimum Gasteiger partial charge on any atom is -0.508 e. The molecule has 0 aliphatic carbocycles. The maximum atomic E-state index is 10.0. The van der Waals surface area contributed by atoms with Crippen molar-refractivity contribution in [2.45, 2.75) is 32.0 Å². The van der Waals surface area contributed by atoms with Gasteiger partial charge < -0.3 is 5.11 Å². The van der Waals surface area contributed by atoms with Gasteiger partial charge >= 0.3 is 0 Å². The Balaban J connectivity index is 2.02. The van der Waals surface area contributed by atoms with Crippen molar-refractivity contribution in [1.29, 1.82) is 5.26 Å². The Morgan fingerprint density at radius 2 is 1.85 bits per heavy atom. The largest absolute Gasteiger partial charge is 0.508 e. The molecule has 2 aromatic carbocycles. The van der Waals surface area contributed by atoms with E-state index in [1.165, 1.54) is 0 Å². The first-order chi connectivity index (χ1) is 13.0. The van der Waals surface area contributed by atoms with Gasteiger partial charge in [-0.3, -0.25) is 9.80 Å². The standard InChI is InChI=1S/C23H27N3O/c1-4-11-25-15-18(3)26(16-17(25)2)23(21-9-6-10-22(27)13-21)20-8-5-7-19(12-20)14-24/h4-10,12-13,17-18,23,27H,1,11,15-16H2,2-3H3. The molecule has 27 heavy (non-hydrogen) atoms. The fourth-order valence-electron chi connectivity index (χ4n) is 4.05. The van der Waals surface area contributed by atoms with Crippen LogP contribution in [0, 0.1) is 11.3 Å². The van der Waals surface area contributed by atoms with E-state index in [1.807, 2.05) is 36.4 Å². The predicted octanol–water partition coefficient (Wildman–Crippen LogP) is 3.93. The number of aromatic hydroxyl groups is 1. The summed E-state index contributed by atoms with van der Waals surface area (Å²) in [6.07, 6.45) is 1.96. The lowest BCUT2D eigenvalue weighted by Gasteiger charge is -2.47. The van der Waals surface area contributed by atoms with Crippen LogP contribution in [0.15, 0.2) is 61.2 Å². The zero-order chi connectivity index (χ0) is 19.4. The normalized spacial score (nSPS) is 22.1. The summed E-state index contributed by atoms with van der Waals surface area (Å²) in [5.41, 5.74) is 2.78. The summed E-state index contributed by atoms with van der Waals surface area (Å²) in [6.45, 7) is 11.1. The molecular weight excluding hydrogens is 334 g/mol. The molecule has 1 aliphatic rings. The van der Waals surface area contributed by atoms with Crippen molar-refractivity contribution in [1.82, 2.24) is 9.80 Å². The molecule has 4 heteroatoms. The summed E-state index contributed by atoms with van der Waals surface area (Å²) in [4.78, 5) is 4.93. The average Bonchev–Trinajstić information content (AvgIpc) is 2.66. The summed E-state index contributed by atoms with van der Waals surface area (Å²) in [5, 5.41) is 19.4. The average molecular weight is 361 g/mol. The maximum absolute atomic E-state index is 10.0. The quantitative estimate of drug-likeness (QED) is 0.820. The summed E-state index contributed by atoms with van der Waals surface area (Å²) in [5.74, 6) is 0.264. The number of nitriles is 1. The molecule has 3 rings (SSSR count). The van der Waals surface area contributed by atoms with Crippen LogP contribution in [0.4, 0.5) is 0 Å². The molecule has 0 spiro atoms. The van der Waals surface area contributed by atoms with Crippen molar-refractivity contribution in [2.75, 3.05) is 19.6 Å². The molecule has 140 valence electrons. The van der Waals surface area contributed by atoms with Crippen LogP contribution in [-0.2, 0) is 0 Å². The van der Waals surface area contributed by atoms with Gasteiger partial charge in [-0.05, 0) is 49.2 Å². The van der Waals surface area contributed by atoms with E-state index in [-0.39, 0.29) is 11.8 Å². The molecule has 1 heterocycles. The Labute approximate surface area is 162 Å². The first-order valence-electron chi connectivity index (χ1n) is 9.43. The Kier molecular flexibility index (Phi) is 5.95. The van der Waals surface area contributed by atoms with Gasteiger partial charge in [-0.1, -0.05) is 30.3 Å². The Morgan fingerprint density at radius 3 is 2.52 bits per heavy atom. The zero-order valence-corrected chi connectivity index (χ0v) is 16.0. The summed E-state index contributed by atoms with van der Waals surface area (Å²) in [7, 11) is 0. The van der Waals surface area contributed by atoms with Gasteiger partial charge in [0.2, 0.25) is 0 Å². The highest BCUT2D eigenvalue weighted by atomic mass is 16.3. The molecule has 2 aromatic rings. The first kappa shape index (κ1) is 19.2. The van der Waals surface area contributed by atoms with Gasteiger partial charge in [0.15, 0.2) is 0 Å². The zero-order valence-electron chi connectivity index (χ0n) is 16.0. The second-order valence-electron chi connectivity index (χ2n) is 7.37. The molecule has 4 nitrogen and oxygen atoms in total. The summed E-state index contributed by atoms with van der Waals surface area (Å²) >= 11 is 0. The van der Waals surface area contributed by atoms with E-state index >= 15 is 0 Å². The number of phenols is 1. The highest BCUT2D eigenvalue weighted by Gasteiger charge is 2.34. The van der Waals surface area contributed by atoms with Crippen LogP contribution in [0.25, 0.3) is 0 Å². The van der Waals surface area contributed by atoms with Gasteiger partial charge in [0.05, 0.1) is 17.7 Å². The SMILES string of the molecule is C=CCN1CC(C)N(C(c2cccc(O)c2)c2cccc(C#N)c2)CC1C. The number of piperazine rings is 1. The second-order valence-corrected chi connectivity index (χ2v) is 7.37. The van der Waals surface area contributed by atoms with Gasteiger partial charge in [0.25, 0.3) is 0 Å². The molecule has 0 amide bonds. The van der Waals surface area contributed by atoms with E-state index in [0.717, 1.165) is 30.8 Å². The van der Waals surface area contributed by atoms with Gasteiger partial charge in [-0.25, -0.2) is 0 Å². The van der Waals surface area contributed by atoms with E-state index < -0.39 is 0 Å². The molecule has 0 saturated carbocycles. The Morgan fingerprint density at radius 1 is 1.15 bits per heavy atom. The van der Waals surface area contributed by atoms with Crippen molar-refractivity contribution < 1.29 is 5.11 Å². The van der Waals surface area contributed by atoms with Crippen molar-refractivity contribution in [2.24, 2.45) is 0 Å². The third-order valence-electron chi connectivity index (χ3n) is 5.38. The fourth-order valence-corrected chi connectivity index (χ4v) is 4.05. The van der Waals surface area contributed by atoms with Crippen LogP contribution in [0.2, 0.25) is 0 Å². The molecular formula is C23H27N3O. The van der Waals surface area contributed by atoms with Crippen LogP contribution in [0.3, 0.4) is 0 Å². The highest BCUT2D eigenvalue weighted by molar-refractivity contribution is 5.40. The third-order valence-corrected chi connectivity index (χ3v) is 5.38. The molecule has 1 N–H and O–H groups in total. The van der Waals surface area contributed by atoms with E-state index in [2.05, 4.69) is 48.4 Å². The lowest BCUT2D eigenvalue weighted by Crippen LogP contribution is -2.57. The predicted molar refractivity (Wildman–Crippen MR) is 109 cm³/mol. The first-order valence-corrected chi connectivity index (χ1v) is 9.43. The number of rotatable bonds is 5. The minimum absolute atomic E-state index is 0.00580. The van der Waals surface area contributed by atoms with Crippen molar-refractivity contribution in [3.8, 4) is 11.8 Å². The fraction of sp³-hybridized carbons (Fsp3) is 0.348. The lowest BCUT2D eigenvalue weighted by atomic mass is 9.92. The molecule has 1 fully saturated rings. The van der Waals surface area contributed by atoms with Crippen molar-refractivity contribution >= 4 is 0 Å². The number of benzene rings is 2. The monoisotopic (exact) mass is 361 g/mol. The van der Waals surface area contributed by atoms with E-state index in [0.29, 0.717) is 17.6 Å². The van der Waals surface area contributed by atoms with Crippen LogP contribution in [-0.4, -0.2) is 46.6 Å². The van der Waals surface area contributed by atoms with E-state index in [9.17, 15) is 10.4 Å². The number of hydrogen-bond donors (Lipinski definition) is 1. The molecule has 3 atom stereocenters. The van der Waals surface area contributed by atoms with Crippen LogP contribution < -0.4 is 0 Å². The van der Waals surface area contributed by atoms with Crippen LogP contribution in [0.5, 0.6) is 5.75 Å². The Bertz CT molecular complexity index is 842. The molecule has 0 bridgehead atoms. The maximum Gasteiger partial charge on any atom is 0.115 e. The van der Waals surface area contributed by atoms with Gasteiger partial charge in [-0.2, -0.15) is 5.26 Å². The smallest absolute Gasteiger partial charge is 0.115 e. The third kappa shape index (κ3) is 4.21. The topological polar surface area (TPSA) is 50.5 Å². The van der Waals surface area contributed by atoms with Crippen molar-refractivity contribution in [3.63, 3.8) is 0 Å². The van der Waals surface area contributed by atoms with Gasteiger partial charge in [0.1, 0.15) is 5.75 Å². The Hall–Kier alpha value is -2.61. The summed E-state index contributed by atoms with van der Waals surface area (Å²) in [6, 6.07) is 18.2. The minimum atomic E-state index is -0.00580. The molecule has 1 aliphatic heterocycles. The lowest BCUT2D eigenvalue weighted by molar-refractivity contribution is 0.0306. The molecule has 3 unspecified atom stereocenters. The number of nitrogens with zero attached hydrogens (tertiary/aromatic N) is 3. The molecule has 1 saturated heterocycles. The number of phenolic OH excluding ortho intramolecular Hbond substituents is 1. The van der Waals surface area contributed by atoms with E-state index in [4.69, 9.17) is 0 Å². The molecule has 0 radical (unpaired) electrons. The second kappa shape index (κ2) is 8.39. The van der Waals surface area contributed by atoms with Crippen molar-refractivity contribution in [3.05, 3.63) is 77.9 Å². The number of hydrogen-bond acceptors (Lipinski definition) is 4. The highest BCUT2D eigenvalue weighted by Crippen LogP contribution is 2.34. The van der Waals surface area contributed by atoms with Gasteiger partial charge in [-0.15, -0.1) is 6.58 Å². The van der Waals surface area contributed by atoms with E-state index in [1.54, 1.807) is 6.07 Å². The molecule has 0 aromatic heterocycles.